The van der Waals surface area contributed by atoms with Crippen LogP contribution in [0.15, 0.2) is 10.7 Å². The average molecular weight is 317 g/mol. The summed E-state index contributed by atoms with van der Waals surface area (Å²) >= 11 is 4.61. The Morgan fingerprint density at radius 2 is 2.18 bits per heavy atom. The van der Waals surface area contributed by atoms with E-state index in [9.17, 15) is 5.11 Å². The maximum absolute atomic E-state index is 10.4. The molecule has 1 atom stereocenters. The van der Waals surface area contributed by atoms with E-state index in [1.165, 1.54) is 11.5 Å². The van der Waals surface area contributed by atoms with Crippen LogP contribution in [0.4, 0.5) is 0 Å². The molecule has 2 aromatic rings. The third-order valence-corrected chi connectivity index (χ3v) is 3.94. The Morgan fingerprint density at radius 1 is 1.47 bits per heavy atom. The zero-order valence-corrected chi connectivity index (χ0v) is 12.2. The molecule has 0 fully saturated rings. The van der Waals surface area contributed by atoms with Gasteiger partial charge in [-0.25, -0.2) is 0 Å². The number of aromatic nitrogens is 4. The SMILES string of the molecule is CC(C)c1nnsc1C(O)c1c(Br)cnn1C. The van der Waals surface area contributed by atoms with E-state index in [0.717, 1.165) is 20.7 Å². The first-order valence-corrected chi connectivity index (χ1v) is 6.76. The first kappa shape index (κ1) is 12.7. The molecule has 17 heavy (non-hydrogen) atoms. The number of aliphatic hydroxyl groups is 1. The molecule has 0 amide bonds. The summed E-state index contributed by atoms with van der Waals surface area (Å²) in [6.45, 7) is 4.07. The predicted octanol–water partition coefficient (Wildman–Crippen LogP) is 2.24. The standard InChI is InChI=1S/C10H13BrN4OS/c1-5(2)7-10(17-14-13-7)9(16)8-6(11)4-12-15(8)3/h4-5,9,16H,1-3H3. The summed E-state index contributed by atoms with van der Waals surface area (Å²) in [7, 11) is 1.80. The quantitative estimate of drug-likeness (QED) is 0.943. The molecule has 2 aromatic heterocycles. The number of rotatable bonds is 3. The molecule has 0 spiro atoms. The average Bonchev–Trinajstić information content (AvgIpc) is 2.85. The molecule has 2 heterocycles. The summed E-state index contributed by atoms with van der Waals surface area (Å²) in [6.07, 6.45) is 0.927. The first-order chi connectivity index (χ1) is 8.02. The smallest absolute Gasteiger partial charge is 0.134 e. The van der Waals surface area contributed by atoms with Gasteiger partial charge in [-0.05, 0) is 33.4 Å². The first-order valence-electron chi connectivity index (χ1n) is 5.20. The molecule has 0 bridgehead atoms. The van der Waals surface area contributed by atoms with E-state index in [4.69, 9.17) is 0 Å². The van der Waals surface area contributed by atoms with Gasteiger partial charge in [-0.1, -0.05) is 18.3 Å². The molecule has 7 heteroatoms. The minimum Gasteiger partial charge on any atom is -0.381 e. The van der Waals surface area contributed by atoms with Crippen molar-refractivity contribution in [2.75, 3.05) is 0 Å². The van der Waals surface area contributed by atoms with E-state index in [1.54, 1.807) is 17.9 Å². The van der Waals surface area contributed by atoms with Crippen molar-refractivity contribution in [3.05, 3.63) is 26.9 Å². The van der Waals surface area contributed by atoms with Crippen molar-refractivity contribution in [3.63, 3.8) is 0 Å². The Hall–Kier alpha value is -0.790. The van der Waals surface area contributed by atoms with Crippen LogP contribution in [0.2, 0.25) is 0 Å². The largest absolute Gasteiger partial charge is 0.381 e. The van der Waals surface area contributed by atoms with Crippen molar-refractivity contribution >= 4 is 27.5 Å². The van der Waals surface area contributed by atoms with Crippen LogP contribution in [-0.2, 0) is 7.05 Å². The Kier molecular flexibility index (Phi) is 3.60. The number of aliphatic hydroxyl groups excluding tert-OH is 1. The summed E-state index contributed by atoms with van der Waals surface area (Å²) in [4.78, 5) is 0.782. The van der Waals surface area contributed by atoms with Gasteiger partial charge in [0.1, 0.15) is 6.10 Å². The lowest BCUT2D eigenvalue weighted by molar-refractivity contribution is 0.211. The second kappa shape index (κ2) is 4.83. The monoisotopic (exact) mass is 316 g/mol. The van der Waals surface area contributed by atoms with Crippen LogP contribution in [0.3, 0.4) is 0 Å². The van der Waals surface area contributed by atoms with Gasteiger partial charge in [0.15, 0.2) is 0 Å². The number of hydrogen-bond acceptors (Lipinski definition) is 5. The normalized spacial score (nSPS) is 13.3. The maximum atomic E-state index is 10.4. The topological polar surface area (TPSA) is 63.8 Å². The molecule has 0 radical (unpaired) electrons. The fourth-order valence-electron chi connectivity index (χ4n) is 1.65. The lowest BCUT2D eigenvalue weighted by Crippen LogP contribution is -2.08. The van der Waals surface area contributed by atoms with E-state index < -0.39 is 6.10 Å². The van der Waals surface area contributed by atoms with Gasteiger partial charge in [-0.2, -0.15) is 5.10 Å². The molecule has 1 unspecified atom stereocenters. The fourth-order valence-corrected chi connectivity index (χ4v) is 3.01. The summed E-state index contributed by atoms with van der Waals surface area (Å²) < 4.78 is 6.36. The summed E-state index contributed by atoms with van der Waals surface area (Å²) in [6, 6.07) is 0. The number of aryl methyl sites for hydroxylation is 1. The zero-order valence-electron chi connectivity index (χ0n) is 9.75. The molecule has 0 aromatic carbocycles. The molecule has 5 nitrogen and oxygen atoms in total. The summed E-state index contributed by atoms with van der Waals surface area (Å²) in [5.41, 5.74) is 1.56. The molecule has 0 aliphatic rings. The summed E-state index contributed by atoms with van der Waals surface area (Å²) in [5.74, 6) is 0.241. The van der Waals surface area contributed by atoms with Crippen molar-refractivity contribution in [1.29, 1.82) is 0 Å². The van der Waals surface area contributed by atoms with Crippen molar-refractivity contribution < 1.29 is 5.11 Å². The van der Waals surface area contributed by atoms with Crippen molar-refractivity contribution in [2.24, 2.45) is 7.05 Å². The van der Waals surface area contributed by atoms with Crippen molar-refractivity contribution in [2.45, 2.75) is 25.9 Å². The summed E-state index contributed by atoms with van der Waals surface area (Å²) in [5, 5.41) is 18.6. The van der Waals surface area contributed by atoms with Crippen LogP contribution in [0.1, 0.15) is 42.1 Å². The number of nitrogens with zero attached hydrogens (tertiary/aromatic N) is 4. The van der Waals surface area contributed by atoms with Crippen LogP contribution in [0.5, 0.6) is 0 Å². The third kappa shape index (κ3) is 2.27. The van der Waals surface area contributed by atoms with Crippen molar-refractivity contribution in [1.82, 2.24) is 19.4 Å². The van der Waals surface area contributed by atoms with Gasteiger partial charge < -0.3 is 5.11 Å². The highest BCUT2D eigenvalue weighted by Crippen LogP contribution is 2.33. The Bertz CT molecular complexity index is 503. The fraction of sp³-hybridized carbons (Fsp3) is 0.500. The number of halogens is 1. The minimum atomic E-state index is -0.741. The zero-order chi connectivity index (χ0) is 12.6. The highest BCUT2D eigenvalue weighted by Gasteiger charge is 2.24. The highest BCUT2D eigenvalue weighted by atomic mass is 79.9. The van der Waals surface area contributed by atoms with Gasteiger partial charge in [0, 0.05) is 7.05 Å². The van der Waals surface area contributed by atoms with E-state index in [1.807, 2.05) is 13.8 Å². The highest BCUT2D eigenvalue weighted by molar-refractivity contribution is 9.10. The molecule has 0 aliphatic heterocycles. The van der Waals surface area contributed by atoms with Gasteiger partial charge in [-0.3, -0.25) is 4.68 Å². The molecule has 2 rings (SSSR count). The predicted molar refractivity (Wildman–Crippen MR) is 69.0 cm³/mol. The van der Waals surface area contributed by atoms with Gasteiger partial charge in [0.2, 0.25) is 0 Å². The van der Waals surface area contributed by atoms with E-state index in [-0.39, 0.29) is 5.92 Å². The molecule has 0 saturated heterocycles. The van der Waals surface area contributed by atoms with Crippen molar-refractivity contribution in [3.8, 4) is 0 Å². The lowest BCUT2D eigenvalue weighted by Gasteiger charge is -2.12. The van der Waals surface area contributed by atoms with Crippen LogP contribution in [-0.4, -0.2) is 24.5 Å². The Morgan fingerprint density at radius 3 is 2.71 bits per heavy atom. The van der Waals surface area contributed by atoms with Crippen LogP contribution < -0.4 is 0 Å². The third-order valence-electron chi connectivity index (χ3n) is 2.53. The van der Waals surface area contributed by atoms with Gasteiger partial charge in [0.25, 0.3) is 0 Å². The second-order valence-electron chi connectivity index (χ2n) is 4.08. The van der Waals surface area contributed by atoms with Gasteiger partial charge in [-0.15, -0.1) is 5.10 Å². The van der Waals surface area contributed by atoms with Crippen LogP contribution in [0, 0.1) is 0 Å². The number of hydrogen-bond donors (Lipinski definition) is 1. The van der Waals surface area contributed by atoms with E-state index in [2.05, 4.69) is 30.6 Å². The second-order valence-corrected chi connectivity index (χ2v) is 5.72. The lowest BCUT2D eigenvalue weighted by atomic mass is 10.1. The Balaban J connectivity index is 2.44. The van der Waals surface area contributed by atoms with E-state index in [0.29, 0.717) is 0 Å². The van der Waals surface area contributed by atoms with E-state index >= 15 is 0 Å². The van der Waals surface area contributed by atoms with Crippen LogP contribution in [0.25, 0.3) is 0 Å². The molecule has 0 aliphatic carbocycles. The Labute approximate surface area is 112 Å². The molecular weight excluding hydrogens is 304 g/mol. The molecule has 1 N–H and O–H groups in total. The minimum absolute atomic E-state index is 0.241. The molecule has 92 valence electrons. The molecular formula is C10H13BrN4OS. The van der Waals surface area contributed by atoms with Crippen LogP contribution >= 0.6 is 27.5 Å². The van der Waals surface area contributed by atoms with Gasteiger partial charge >= 0.3 is 0 Å². The van der Waals surface area contributed by atoms with Gasteiger partial charge in [0.05, 0.1) is 26.9 Å². The maximum Gasteiger partial charge on any atom is 0.134 e. The molecule has 0 saturated carbocycles.